The van der Waals surface area contributed by atoms with E-state index in [2.05, 4.69) is 46.5 Å². The Morgan fingerprint density at radius 3 is 1.23 bits per heavy atom. The summed E-state index contributed by atoms with van der Waals surface area (Å²) in [4.78, 5) is 2.33. The summed E-state index contributed by atoms with van der Waals surface area (Å²) in [6, 6.07) is 1.22. The predicted molar refractivity (Wildman–Crippen MR) is 106 cm³/mol. The molecule has 0 amide bonds. The van der Waals surface area contributed by atoms with Gasteiger partial charge in [-0.05, 0) is 42.8 Å². The average Bonchev–Trinajstić information content (AvgIpc) is 2.57. The molecular weight excluding hydrogens is 427 g/mol. The van der Waals surface area contributed by atoms with Gasteiger partial charge in [-0.2, -0.15) is 6.07 Å². The van der Waals surface area contributed by atoms with Crippen LogP contribution in [-0.4, -0.2) is 42.0 Å². The third-order valence-corrected chi connectivity index (χ3v) is 8.83. The van der Waals surface area contributed by atoms with Crippen molar-refractivity contribution in [3.63, 3.8) is 0 Å². The van der Waals surface area contributed by atoms with E-state index in [1.807, 2.05) is 0 Å². The van der Waals surface area contributed by atoms with Crippen molar-refractivity contribution in [1.29, 1.82) is 0 Å². The molecule has 0 aliphatic heterocycles. The van der Waals surface area contributed by atoms with Crippen molar-refractivity contribution in [2.24, 2.45) is 0 Å². The van der Waals surface area contributed by atoms with Crippen molar-refractivity contribution in [3.05, 3.63) is 37.0 Å². The second-order valence-electron chi connectivity index (χ2n) is 4.69. The van der Waals surface area contributed by atoms with Crippen molar-refractivity contribution < 1.29 is 34.1 Å². The Balaban J connectivity index is -0.000000138. The van der Waals surface area contributed by atoms with Crippen molar-refractivity contribution >= 4 is 15.8 Å². The van der Waals surface area contributed by atoms with E-state index in [-0.39, 0.29) is 23.9 Å². The van der Waals surface area contributed by atoms with Crippen molar-refractivity contribution in [2.45, 2.75) is 41.5 Å². The maximum atomic E-state index is 11.9. The topological polar surface area (TPSA) is 12.9 Å². The molecule has 1 aromatic heterocycles. The molecule has 0 bridgehead atoms. The summed E-state index contributed by atoms with van der Waals surface area (Å²) in [5.74, 6) is -6.82. The fourth-order valence-electron chi connectivity index (χ4n) is 1.74. The number of hydrogen-bond donors (Lipinski definition) is 0. The van der Waals surface area contributed by atoms with Gasteiger partial charge in [-0.15, -0.1) is 15.8 Å². The summed E-state index contributed by atoms with van der Waals surface area (Å²) < 4.78 is 47.4. The number of hydrogen-bond acceptors (Lipinski definition) is 1. The third kappa shape index (κ3) is 16.4. The van der Waals surface area contributed by atoms with E-state index in [1.165, 1.54) is 43.0 Å². The molecule has 0 radical (unpaired) electrons. The fraction of sp³-hybridized carbons (Fsp3) is 0.667. The maximum absolute atomic E-state index is 11.9. The van der Waals surface area contributed by atoms with Gasteiger partial charge >= 0.3 is 16.5 Å². The molecular formula is C18H33F4NNiP2. The average molecular weight is 460 g/mol. The molecule has 0 unspecified atom stereocenters. The summed E-state index contributed by atoms with van der Waals surface area (Å²) in [6.45, 7) is 13.7. The first kappa shape index (κ1) is 33.8. The van der Waals surface area contributed by atoms with Gasteiger partial charge in [-0.3, -0.25) is 0 Å². The third-order valence-electron chi connectivity index (χ3n) is 3.47. The Kier molecular flexibility index (Phi) is 28.0. The smallest absolute Gasteiger partial charge is 0.358 e. The Morgan fingerprint density at radius 1 is 0.731 bits per heavy atom. The van der Waals surface area contributed by atoms with Gasteiger partial charge in [0.15, 0.2) is 5.95 Å². The van der Waals surface area contributed by atoms with Crippen LogP contribution in [0.15, 0.2) is 0 Å². The summed E-state index contributed by atoms with van der Waals surface area (Å²) in [5, 5.41) is 0. The van der Waals surface area contributed by atoms with Crippen LogP contribution in [0.25, 0.3) is 0 Å². The second-order valence-corrected chi connectivity index (χ2v) is 11.2. The number of rotatable bonds is 6. The van der Waals surface area contributed by atoms with E-state index in [1.54, 1.807) is 0 Å². The van der Waals surface area contributed by atoms with Crippen LogP contribution in [0, 0.1) is 37.0 Å². The zero-order valence-corrected chi connectivity index (χ0v) is 19.7. The van der Waals surface area contributed by atoms with Gasteiger partial charge in [0.25, 0.3) is 0 Å². The minimum atomic E-state index is -1.82. The molecule has 0 saturated heterocycles. The Bertz CT molecular complexity index is 386. The molecule has 0 spiro atoms. The summed E-state index contributed by atoms with van der Waals surface area (Å²) in [6.07, 6.45) is 8.51. The molecule has 1 aromatic rings. The van der Waals surface area contributed by atoms with E-state index in [9.17, 15) is 17.6 Å². The van der Waals surface area contributed by atoms with Crippen LogP contribution in [0.3, 0.4) is 0 Å². The molecule has 8 heteroatoms. The van der Waals surface area contributed by atoms with Crippen LogP contribution in [0.2, 0.25) is 0 Å². The molecule has 1 heterocycles. The van der Waals surface area contributed by atoms with Gasteiger partial charge in [0, 0.05) is 0 Å². The van der Waals surface area contributed by atoms with Crippen LogP contribution in [-0.2, 0) is 16.5 Å². The maximum Gasteiger partial charge on any atom is 2.00 e. The van der Waals surface area contributed by atoms with E-state index in [0.29, 0.717) is 15.8 Å². The van der Waals surface area contributed by atoms with Gasteiger partial charge in [0.05, 0.1) is 5.82 Å². The van der Waals surface area contributed by atoms with Crippen molar-refractivity contribution in [3.8, 4) is 0 Å². The van der Waals surface area contributed by atoms with Gasteiger partial charge in [-0.1, -0.05) is 41.5 Å². The van der Waals surface area contributed by atoms with Crippen molar-refractivity contribution in [2.75, 3.05) is 37.0 Å². The largest absolute Gasteiger partial charge is 2.00 e. The molecule has 0 aromatic carbocycles. The molecule has 0 fully saturated rings. The summed E-state index contributed by atoms with van der Waals surface area (Å²) in [5.41, 5.74) is 0. The van der Waals surface area contributed by atoms with Gasteiger partial charge in [0.1, 0.15) is 5.95 Å². The molecule has 0 saturated carbocycles. The Morgan fingerprint density at radius 2 is 1.04 bits per heavy atom. The molecule has 0 aliphatic rings. The number of halogens is 4. The normalized spacial score (nSPS) is 9.38. The second kappa shape index (κ2) is 21.5. The number of pyridine rings is 1. The van der Waals surface area contributed by atoms with E-state index in [4.69, 9.17) is 0 Å². The molecule has 1 nitrogen and oxygen atoms in total. The van der Waals surface area contributed by atoms with Gasteiger partial charge in [-0.25, -0.2) is 18.2 Å². The minimum Gasteiger partial charge on any atom is -0.358 e. The summed E-state index contributed by atoms with van der Waals surface area (Å²) in [7, 11) is 0.892. The number of nitrogens with zero attached hydrogens (tertiary/aromatic N) is 1. The van der Waals surface area contributed by atoms with Crippen LogP contribution in [0.1, 0.15) is 41.5 Å². The quantitative estimate of drug-likeness (QED) is 0.147. The van der Waals surface area contributed by atoms with Crippen LogP contribution >= 0.6 is 15.8 Å². The standard InChI is InChI=1S/2C6H15P.C5F4N.CH3.Ni/c2*1-4-7(5-2)6-3;6-2-1-3(7)10-5(9)4(2)8;;/h2*4-6H2,1-3H3;;1H3;/q;;2*-1;+2. The van der Waals surface area contributed by atoms with E-state index >= 15 is 0 Å². The first-order chi connectivity index (χ1) is 11.3. The van der Waals surface area contributed by atoms with E-state index in [0.717, 1.165) is 0 Å². The Labute approximate surface area is 170 Å². The predicted octanol–water partition coefficient (Wildman–Crippen LogP) is 6.94. The monoisotopic (exact) mass is 459 g/mol. The minimum absolute atomic E-state index is 0. The first-order valence-corrected chi connectivity index (χ1v) is 12.1. The van der Waals surface area contributed by atoms with Crippen LogP contribution in [0.4, 0.5) is 17.6 Å². The Hall–Kier alpha value is 0.224. The van der Waals surface area contributed by atoms with Crippen LogP contribution < -0.4 is 0 Å². The van der Waals surface area contributed by atoms with Gasteiger partial charge < -0.3 is 11.8 Å². The molecule has 26 heavy (non-hydrogen) atoms. The summed E-state index contributed by atoms with van der Waals surface area (Å²) >= 11 is 0. The van der Waals surface area contributed by atoms with Crippen molar-refractivity contribution in [1.82, 2.24) is 4.98 Å². The SMILES string of the molecule is CCP(CC)CC.CCP(CC)CC.Fc1[c-]c(F)c(F)c(F)n1.[CH3-].[Ni+2]. The molecule has 0 N–H and O–H groups in total. The molecule has 1 rings (SSSR count). The zero-order chi connectivity index (χ0) is 19.1. The molecule has 0 atom stereocenters. The number of aromatic nitrogens is 1. The first-order valence-electron chi connectivity index (χ1n) is 8.34. The van der Waals surface area contributed by atoms with Gasteiger partial charge in [0.2, 0.25) is 0 Å². The molecule has 158 valence electrons. The fourth-order valence-corrected chi connectivity index (χ4v) is 4.42. The molecule has 0 aliphatic carbocycles. The van der Waals surface area contributed by atoms with E-state index < -0.39 is 23.5 Å². The van der Waals surface area contributed by atoms with Crippen LogP contribution in [0.5, 0.6) is 0 Å². The zero-order valence-electron chi connectivity index (χ0n) is 16.9.